The molecular weight excluding hydrogens is 258 g/mol. The molecule has 0 amide bonds. The van der Waals surface area contributed by atoms with Crippen molar-refractivity contribution in [2.24, 2.45) is 0 Å². The van der Waals surface area contributed by atoms with Crippen LogP contribution >= 0.6 is 0 Å². The van der Waals surface area contributed by atoms with Crippen LogP contribution in [0.1, 0.15) is 42.4 Å². The normalized spacial score (nSPS) is 24.1. The number of hydrogen-bond donors (Lipinski definition) is 0. The number of likely N-dealkylation sites (tertiary alicyclic amines) is 2. The Bertz CT molecular complexity index is 526. The maximum Gasteiger partial charge on any atom is 0.0991 e. The van der Waals surface area contributed by atoms with Crippen LogP contribution in [-0.4, -0.2) is 42.0 Å². The monoisotopic (exact) mass is 283 g/mol. The third-order valence-electron chi connectivity index (χ3n) is 5.02. The quantitative estimate of drug-likeness (QED) is 0.854. The van der Waals surface area contributed by atoms with Crippen LogP contribution < -0.4 is 0 Å². The van der Waals surface area contributed by atoms with E-state index >= 15 is 0 Å². The van der Waals surface area contributed by atoms with Gasteiger partial charge in [-0.2, -0.15) is 5.26 Å². The number of hydrogen-bond acceptors (Lipinski definition) is 3. The van der Waals surface area contributed by atoms with Crippen molar-refractivity contribution < 1.29 is 0 Å². The van der Waals surface area contributed by atoms with Gasteiger partial charge in [0.1, 0.15) is 0 Å². The molecule has 0 aromatic heterocycles. The predicted octanol–water partition coefficient (Wildman–Crippen LogP) is 2.93. The van der Waals surface area contributed by atoms with Crippen LogP contribution in [0.4, 0.5) is 0 Å². The molecule has 2 aliphatic rings. The zero-order chi connectivity index (χ0) is 14.7. The van der Waals surface area contributed by atoms with Crippen LogP contribution in [0, 0.1) is 18.3 Å². The molecule has 1 atom stereocenters. The Morgan fingerprint density at radius 2 is 2.00 bits per heavy atom. The van der Waals surface area contributed by atoms with Gasteiger partial charge in [-0.15, -0.1) is 0 Å². The maximum absolute atomic E-state index is 8.95. The standard InChI is InChI=1S/C18H25N3/c1-15-11-16(12-19)5-6-17(15)13-20-10-7-18(14-20)21-8-3-2-4-9-21/h5-6,11,18H,2-4,7-10,13-14H2,1H3. The smallest absolute Gasteiger partial charge is 0.0991 e. The fraction of sp³-hybridized carbons (Fsp3) is 0.611. The summed E-state index contributed by atoms with van der Waals surface area (Å²) in [6, 6.07) is 9.07. The van der Waals surface area contributed by atoms with Gasteiger partial charge in [0.25, 0.3) is 0 Å². The summed E-state index contributed by atoms with van der Waals surface area (Å²) in [4.78, 5) is 5.28. The summed E-state index contributed by atoms with van der Waals surface area (Å²) in [5.74, 6) is 0. The van der Waals surface area contributed by atoms with Gasteiger partial charge in [0.15, 0.2) is 0 Å². The van der Waals surface area contributed by atoms with Gasteiger partial charge in [-0.25, -0.2) is 0 Å². The highest BCUT2D eigenvalue weighted by molar-refractivity contribution is 5.37. The molecule has 112 valence electrons. The number of rotatable bonds is 3. The highest BCUT2D eigenvalue weighted by Gasteiger charge is 2.28. The van der Waals surface area contributed by atoms with Crippen molar-refractivity contribution in [3.8, 4) is 6.07 Å². The van der Waals surface area contributed by atoms with Crippen molar-refractivity contribution in [2.75, 3.05) is 26.2 Å². The van der Waals surface area contributed by atoms with E-state index in [1.54, 1.807) is 0 Å². The first-order valence-electron chi connectivity index (χ1n) is 8.22. The minimum Gasteiger partial charge on any atom is -0.299 e. The van der Waals surface area contributed by atoms with Crippen molar-refractivity contribution in [3.63, 3.8) is 0 Å². The van der Waals surface area contributed by atoms with Crippen LogP contribution in [0.25, 0.3) is 0 Å². The van der Waals surface area contributed by atoms with E-state index in [-0.39, 0.29) is 0 Å². The maximum atomic E-state index is 8.95. The molecule has 0 bridgehead atoms. The van der Waals surface area contributed by atoms with Crippen molar-refractivity contribution in [1.82, 2.24) is 9.80 Å². The first-order chi connectivity index (χ1) is 10.3. The molecule has 3 rings (SSSR count). The van der Waals surface area contributed by atoms with Gasteiger partial charge >= 0.3 is 0 Å². The minimum absolute atomic E-state index is 0.767. The molecule has 2 saturated heterocycles. The predicted molar refractivity (Wildman–Crippen MR) is 85.0 cm³/mol. The molecule has 21 heavy (non-hydrogen) atoms. The molecule has 0 spiro atoms. The number of nitriles is 1. The Labute approximate surface area is 128 Å². The van der Waals surface area contributed by atoms with Gasteiger partial charge in [-0.1, -0.05) is 12.5 Å². The molecule has 2 fully saturated rings. The van der Waals surface area contributed by atoms with Crippen LogP contribution in [0.2, 0.25) is 0 Å². The van der Waals surface area contributed by atoms with E-state index in [9.17, 15) is 0 Å². The van der Waals surface area contributed by atoms with Crippen LogP contribution in [0.5, 0.6) is 0 Å². The number of piperidine rings is 1. The number of nitrogens with zero attached hydrogens (tertiary/aromatic N) is 3. The fourth-order valence-electron chi connectivity index (χ4n) is 3.72. The van der Waals surface area contributed by atoms with E-state index in [4.69, 9.17) is 5.26 Å². The molecule has 0 aliphatic carbocycles. The molecule has 3 nitrogen and oxygen atoms in total. The summed E-state index contributed by atoms with van der Waals surface area (Å²) in [6.07, 6.45) is 5.49. The summed E-state index contributed by atoms with van der Waals surface area (Å²) >= 11 is 0. The van der Waals surface area contributed by atoms with Gasteiger partial charge in [0, 0.05) is 25.7 Å². The summed E-state index contributed by atoms with van der Waals surface area (Å²) < 4.78 is 0. The largest absolute Gasteiger partial charge is 0.299 e. The van der Waals surface area contributed by atoms with Crippen molar-refractivity contribution in [3.05, 3.63) is 34.9 Å². The van der Waals surface area contributed by atoms with Gasteiger partial charge in [-0.3, -0.25) is 9.80 Å². The lowest BCUT2D eigenvalue weighted by molar-refractivity contribution is 0.161. The average Bonchev–Trinajstić information content (AvgIpc) is 2.99. The molecule has 3 heteroatoms. The molecule has 1 unspecified atom stereocenters. The lowest BCUT2D eigenvalue weighted by atomic mass is 10.1. The van der Waals surface area contributed by atoms with E-state index in [0.29, 0.717) is 0 Å². The summed E-state index contributed by atoms with van der Waals surface area (Å²) in [6.45, 7) is 8.17. The summed E-state index contributed by atoms with van der Waals surface area (Å²) in [5, 5.41) is 8.95. The lowest BCUT2D eigenvalue weighted by Crippen LogP contribution is -2.40. The summed E-state index contributed by atoms with van der Waals surface area (Å²) in [5.41, 5.74) is 3.38. The topological polar surface area (TPSA) is 30.3 Å². The van der Waals surface area contributed by atoms with Gasteiger partial charge in [0.2, 0.25) is 0 Å². The van der Waals surface area contributed by atoms with Crippen LogP contribution in [0.3, 0.4) is 0 Å². The second-order valence-electron chi connectivity index (χ2n) is 6.53. The molecule has 2 aliphatic heterocycles. The number of aryl methyl sites for hydroxylation is 1. The molecule has 0 saturated carbocycles. The Morgan fingerprint density at radius 3 is 2.71 bits per heavy atom. The Balaban J connectivity index is 1.58. The zero-order valence-corrected chi connectivity index (χ0v) is 13.0. The fourth-order valence-corrected chi connectivity index (χ4v) is 3.72. The highest BCUT2D eigenvalue weighted by atomic mass is 15.3. The van der Waals surface area contributed by atoms with Crippen molar-refractivity contribution in [1.29, 1.82) is 5.26 Å². The van der Waals surface area contributed by atoms with Crippen molar-refractivity contribution >= 4 is 0 Å². The van der Waals surface area contributed by atoms with E-state index in [2.05, 4.69) is 28.9 Å². The van der Waals surface area contributed by atoms with E-state index in [1.165, 1.54) is 63.0 Å². The first-order valence-corrected chi connectivity index (χ1v) is 8.22. The van der Waals surface area contributed by atoms with Crippen molar-refractivity contribution in [2.45, 2.75) is 45.2 Å². The molecule has 0 radical (unpaired) electrons. The third kappa shape index (κ3) is 3.45. The Morgan fingerprint density at radius 1 is 1.19 bits per heavy atom. The lowest BCUT2D eigenvalue weighted by Gasteiger charge is -2.32. The van der Waals surface area contributed by atoms with Gasteiger partial charge in [-0.05, 0) is 62.5 Å². The summed E-state index contributed by atoms with van der Waals surface area (Å²) in [7, 11) is 0. The minimum atomic E-state index is 0.767. The SMILES string of the molecule is Cc1cc(C#N)ccc1CN1CCC(N2CCCCC2)C1. The molecule has 2 heterocycles. The molecule has 1 aromatic rings. The van der Waals surface area contributed by atoms with Crippen LogP contribution in [0.15, 0.2) is 18.2 Å². The second kappa shape index (κ2) is 6.60. The Kier molecular flexibility index (Phi) is 4.57. The second-order valence-corrected chi connectivity index (χ2v) is 6.53. The Hall–Kier alpha value is -1.37. The molecular formula is C18H25N3. The zero-order valence-electron chi connectivity index (χ0n) is 13.0. The first kappa shape index (κ1) is 14.6. The van der Waals surface area contributed by atoms with Gasteiger partial charge in [0.05, 0.1) is 11.6 Å². The molecule has 1 aromatic carbocycles. The van der Waals surface area contributed by atoms with E-state index in [1.807, 2.05) is 12.1 Å². The third-order valence-corrected chi connectivity index (χ3v) is 5.02. The van der Waals surface area contributed by atoms with Gasteiger partial charge < -0.3 is 0 Å². The molecule has 0 N–H and O–H groups in total. The number of benzene rings is 1. The van der Waals surface area contributed by atoms with Crippen LogP contribution in [-0.2, 0) is 6.54 Å². The highest BCUT2D eigenvalue weighted by Crippen LogP contribution is 2.22. The van der Waals surface area contributed by atoms with E-state index in [0.717, 1.165) is 18.2 Å². The average molecular weight is 283 g/mol. The van der Waals surface area contributed by atoms with E-state index < -0.39 is 0 Å².